The van der Waals surface area contributed by atoms with Crippen LogP contribution in [-0.4, -0.2) is 28.2 Å². The van der Waals surface area contributed by atoms with Crippen molar-refractivity contribution < 1.29 is 17.7 Å². The fourth-order valence-electron chi connectivity index (χ4n) is 1.23. The molecule has 8 heteroatoms. The molecule has 0 amide bonds. The van der Waals surface area contributed by atoms with Crippen molar-refractivity contribution in [3.63, 3.8) is 0 Å². The van der Waals surface area contributed by atoms with Gasteiger partial charge in [-0.25, -0.2) is 8.42 Å². The molecule has 0 N–H and O–H groups in total. The van der Waals surface area contributed by atoms with E-state index in [4.69, 9.17) is 0 Å². The summed E-state index contributed by atoms with van der Waals surface area (Å²) in [6.07, 6.45) is 3.21. The smallest absolute Gasteiger partial charge is 0.197 e. The number of nitrogens with zero attached hydrogens (tertiary/aromatic N) is 3. The van der Waals surface area contributed by atoms with E-state index >= 15 is 0 Å². The highest BCUT2D eigenvalue weighted by atomic mass is 32.2. The first-order valence-corrected chi connectivity index (χ1v) is 7.16. The monoisotopic (exact) mass is 271 g/mol. The van der Waals surface area contributed by atoms with Gasteiger partial charge in [-0.1, -0.05) is 4.68 Å². The minimum Gasteiger partial charge on any atom is -0.748 e. The lowest BCUT2D eigenvalue weighted by Crippen LogP contribution is -2.40. The topological polar surface area (TPSA) is 86.9 Å². The number of aromatic nitrogens is 3. The summed E-state index contributed by atoms with van der Waals surface area (Å²) in [5.74, 6) is -0.458. The van der Waals surface area contributed by atoms with E-state index in [0.717, 1.165) is 11.3 Å². The van der Waals surface area contributed by atoms with Crippen molar-refractivity contribution in [3.8, 4) is 11.3 Å². The average molecular weight is 271 g/mol. The van der Waals surface area contributed by atoms with Crippen LogP contribution in [0.15, 0.2) is 29.9 Å². The lowest BCUT2D eigenvalue weighted by atomic mass is 10.2. The van der Waals surface area contributed by atoms with Crippen molar-refractivity contribution in [2.24, 2.45) is 0 Å². The summed E-state index contributed by atoms with van der Waals surface area (Å²) in [6.45, 7) is 0.0587. The highest BCUT2D eigenvalue weighted by Crippen LogP contribution is 2.15. The fourth-order valence-corrected chi connectivity index (χ4v) is 2.18. The van der Waals surface area contributed by atoms with Gasteiger partial charge in [0.2, 0.25) is 0 Å². The van der Waals surface area contributed by atoms with Crippen LogP contribution < -0.4 is 4.68 Å². The summed E-state index contributed by atoms with van der Waals surface area (Å²) in [4.78, 5) is 0. The molecule has 0 aliphatic rings. The Bertz CT molecular complexity index is 578. The van der Waals surface area contributed by atoms with Gasteiger partial charge in [-0.2, -0.15) is 4.37 Å². The van der Waals surface area contributed by atoms with Crippen LogP contribution in [-0.2, 0) is 16.7 Å². The first-order valence-electron chi connectivity index (χ1n) is 4.75. The zero-order valence-electron chi connectivity index (χ0n) is 8.68. The van der Waals surface area contributed by atoms with E-state index in [1.54, 1.807) is 18.5 Å². The van der Waals surface area contributed by atoms with Crippen LogP contribution in [0.25, 0.3) is 11.3 Å². The van der Waals surface area contributed by atoms with Gasteiger partial charge in [0.15, 0.2) is 12.7 Å². The third-order valence-electron chi connectivity index (χ3n) is 2.08. The number of hydrogen-bond donors (Lipinski definition) is 0. The summed E-state index contributed by atoms with van der Waals surface area (Å²) in [5.41, 5.74) is 1.68. The number of aryl methyl sites for hydroxylation is 1. The van der Waals surface area contributed by atoms with Gasteiger partial charge in [0.05, 0.1) is 11.4 Å². The molecule has 0 atom stereocenters. The molecule has 17 heavy (non-hydrogen) atoms. The predicted molar refractivity (Wildman–Crippen MR) is 60.1 cm³/mol. The Labute approximate surface area is 102 Å². The lowest BCUT2D eigenvalue weighted by molar-refractivity contribution is -0.750. The standard InChI is InChI=1S/C9H9N3O3S2/c13-17(14,15)6-4-12-3-1-8(7-10-12)9-2-5-16-11-9/h1-3,5,7H,4,6H2. The molecule has 0 radical (unpaired) electrons. The second kappa shape index (κ2) is 4.86. The highest BCUT2D eigenvalue weighted by Gasteiger charge is 2.07. The Morgan fingerprint density at radius 3 is 2.76 bits per heavy atom. The third kappa shape index (κ3) is 3.55. The molecule has 0 bridgehead atoms. The molecule has 0 aromatic carbocycles. The van der Waals surface area contributed by atoms with Gasteiger partial charge in [-0.05, 0) is 22.7 Å². The zero-order chi connectivity index (χ0) is 12.3. The van der Waals surface area contributed by atoms with E-state index in [1.165, 1.54) is 16.2 Å². The molecule has 0 aliphatic carbocycles. The molecular formula is C9H9N3O3S2. The molecule has 2 heterocycles. The molecule has 2 rings (SSSR count). The van der Waals surface area contributed by atoms with Crippen molar-refractivity contribution in [1.29, 1.82) is 0 Å². The van der Waals surface area contributed by atoms with Gasteiger partial charge in [-0.15, -0.1) is 0 Å². The van der Waals surface area contributed by atoms with Crippen LogP contribution in [0, 0.1) is 0 Å². The minimum absolute atomic E-state index is 0.0587. The molecule has 2 aromatic rings. The van der Waals surface area contributed by atoms with E-state index in [1.807, 2.05) is 11.4 Å². The second-order valence-corrected chi connectivity index (χ2v) is 5.51. The van der Waals surface area contributed by atoms with Crippen LogP contribution in [0.4, 0.5) is 0 Å². The maximum absolute atomic E-state index is 10.5. The van der Waals surface area contributed by atoms with Crippen molar-refractivity contribution in [3.05, 3.63) is 29.9 Å². The van der Waals surface area contributed by atoms with Gasteiger partial charge in [0, 0.05) is 17.0 Å². The molecule has 0 fully saturated rings. The van der Waals surface area contributed by atoms with Gasteiger partial charge in [-0.3, -0.25) is 0 Å². The van der Waals surface area contributed by atoms with E-state index in [9.17, 15) is 13.0 Å². The largest absolute Gasteiger partial charge is 0.748 e. The summed E-state index contributed by atoms with van der Waals surface area (Å²) in [5, 5.41) is 5.88. The highest BCUT2D eigenvalue weighted by molar-refractivity contribution is 7.85. The SMILES string of the molecule is O=S(=O)([O-])CC[n+]1ccc(-c2ccsn2)cn1. The van der Waals surface area contributed by atoms with Crippen molar-refractivity contribution in [1.82, 2.24) is 9.47 Å². The lowest BCUT2D eigenvalue weighted by Gasteiger charge is -2.02. The number of hydrogen-bond acceptors (Lipinski definition) is 6. The molecule has 0 saturated heterocycles. The number of rotatable bonds is 4. The normalized spacial score (nSPS) is 11.6. The van der Waals surface area contributed by atoms with Crippen LogP contribution >= 0.6 is 11.5 Å². The summed E-state index contributed by atoms with van der Waals surface area (Å²) in [6, 6.07) is 3.65. The van der Waals surface area contributed by atoms with Crippen LogP contribution in [0.2, 0.25) is 0 Å². The Balaban J connectivity index is 2.09. The van der Waals surface area contributed by atoms with Gasteiger partial charge >= 0.3 is 0 Å². The third-order valence-corrected chi connectivity index (χ3v) is 3.32. The van der Waals surface area contributed by atoms with Crippen LogP contribution in [0.3, 0.4) is 0 Å². The maximum Gasteiger partial charge on any atom is 0.197 e. The Kier molecular flexibility index (Phi) is 3.46. The first-order chi connectivity index (χ1) is 8.04. The second-order valence-electron chi connectivity index (χ2n) is 3.33. The summed E-state index contributed by atoms with van der Waals surface area (Å²) >= 11 is 1.35. The van der Waals surface area contributed by atoms with E-state index in [2.05, 4.69) is 9.47 Å². The summed E-state index contributed by atoms with van der Waals surface area (Å²) in [7, 11) is -4.20. The van der Waals surface area contributed by atoms with Crippen molar-refractivity contribution in [2.75, 3.05) is 5.75 Å². The maximum atomic E-state index is 10.5. The molecule has 0 saturated carbocycles. The van der Waals surface area contributed by atoms with E-state index in [-0.39, 0.29) is 6.54 Å². The van der Waals surface area contributed by atoms with Crippen LogP contribution in [0.1, 0.15) is 0 Å². The molecule has 90 valence electrons. The fraction of sp³-hybridized carbons (Fsp3) is 0.222. The molecular weight excluding hydrogens is 262 g/mol. The van der Waals surface area contributed by atoms with Crippen molar-refractivity contribution >= 4 is 21.7 Å². The van der Waals surface area contributed by atoms with Crippen LogP contribution in [0.5, 0.6) is 0 Å². The minimum atomic E-state index is -4.20. The quantitative estimate of drug-likeness (QED) is 0.578. The predicted octanol–water partition coefficient (Wildman–Crippen LogP) is 0.0378. The van der Waals surface area contributed by atoms with Crippen molar-refractivity contribution in [2.45, 2.75) is 6.54 Å². The zero-order valence-corrected chi connectivity index (χ0v) is 10.3. The van der Waals surface area contributed by atoms with Gasteiger partial charge in [0.25, 0.3) is 0 Å². The van der Waals surface area contributed by atoms with Gasteiger partial charge in [0.1, 0.15) is 16.3 Å². The Hall–Kier alpha value is -1.38. The van der Waals surface area contributed by atoms with E-state index < -0.39 is 15.9 Å². The Morgan fingerprint density at radius 2 is 2.24 bits per heavy atom. The molecule has 2 aromatic heterocycles. The molecule has 0 spiro atoms. The first kappa shape index (κ1) is 12.1. The molecule has 6 nitrogen and oxygen atoms in total. The van der Waals surface area contributed by atoms with Gasteiger partial charge < -0.3 is 4.55 Å². The van der Waals surface area contributed by atoms with E-state index in [0.29, 0.717) is 0 Å². The molecule has 0 unspecified atom stereocenters. The average Bonchev–Trinajstić information content (AvgIpc) is 2.79. The Morgan fingerprint density at radius 1 is 1.41 bits per heavy atom. The molecule has 0 aliphatic heterocycles. The summed E-state index contributed by atoms with van der Waals surface area (Å²) < 4.78 is 36.9.